The van der Waals surface area contributed by atoms with E-state index in [1.54, 1.807) is 11.6 Å². The van der Waals surface area contributed by atoms with E-state index in [4.69, 9.17) is 9.47 Å². The third kappa shape index (κ3) is 2.44. The Morgan fingerprint density at radius 2 is 2.00 bits per heavy atom. The molecule has 1 atom stereocenters. The molecular weight excluding hydrogens is 334 g/mol. The van der Waals surface area contributed by atoms with Gasteiger partial charge in [-0.3, -0.25) is 4.79 Å². The van der Waals surface area contributed by atoms with Gasteiger partial charge in [0.05, 0.1) is 31.7 Å². The van der Waals surface area contributed by atoms with Crippen LogP contribution < -0.4 is 4.74 Å². The maximum atomic E-state index is 12.7. The van der Waals surface area contributed by atoms with E-state index in [1.807, 2.05) is 24.3 Å². The lowest BCUT2D eigenvalue weighted by atomic mass is 9.81. The highest BCUT2D eigenvalue weighted by Gasteiger charge is 2.31. The molecule has 7 nitrogen and oxygen atoms in total. The van der Waals surface area contributed by atoms with Gasteiger partial charge in [0.15, 0.2) is 11.4 Å². The summed E-state index contributed by atoms with van der Waals surface area (Å²) in [5.41, 5.74) is 2.95. The fourth-order valence-electron chi connectivity index (χ4n) is 3.52. The molecule has 0 saturated heterocycles. The summed E-state index contributed by atoms with van der Waals surface area (Å²) in [4.78, 5) is 28.8. The normalized spacial score (nSPS) is 16.4. The number of nitrogens with zero attached hydrogens (tertiary/aromatic N) is 3. The van der Waals surface area contributed by atoms with Gasteiger partial charge in [0.25, 0.3) is 0 Å². The molecule has 132 valence electrons. The smallest absolute Gasteiger partial charge is 0.343 e. The van der Waals surface area contributed by atoms with Crippen LogP contribution in [0.5, 0.6) is 5.75 Å². The van der Waals surface area contributed by atoms with Crippen LogP contribution in [0.2, 0.25) is 0 Å². The summed E-state index contributed by atoms with van der Waals surface area (Å²) in [5.74, 6) is 0.236. The van der Waals surface area contributed by atoms with E-state index < -0.39 is 5.97 Å². The molecule has 3 aromatic rings. The molecule has 1 unspecified atom stereocenters. The molecule has 0 bridgehead atoms. The molecule has 2 aromatic heterocycles. The van der Waals surface area contributed by atoms with Crippen LogP contribution in [0.4, 0.5) is 0 Å². The fraction of sp³-hybridized carbons (Fsp3) is 0.263. The molecule has 0 fully saturated rings. The molecule has 0 aliphatic heterocycles. The topological polar surface area (TPSA) is 82.8 Å². The molecule has 1 aromatic carbocycles. The van der Waals surface area contributed by atoms with Gasteiger partial charge >= 0.3 is 5.97 Å². The summed E-state index contributed by atoms with van der Waals surface area (Å²) in [6.07, 6.45) is 3.93. The number of hydrogen-bond acceptors (Lipinski definition) is 6. The van der Waals surface area contributed by atoms with Crippen molar-refractivity contribution < 1.29 is 19.1 Å². The number of para-hydroxylation sites is 1. The number of ether oxygens (including phenoxy) is 2. The Morgan fingerprint density at radius 1 is 1.19 bits per heavy atom. The molecule has 0 saturated carbocycles. The van der Waals surface area contributed by atoms with E-state index in [1.165, 1.54) is 19.5 Å². The zero-order chi connectivity index (χ0) is 18.3. The van der Waals surface area contributed by atoms with Gasteiger partial charge < -0.3 is 9.47 Å². The SMILES string of the molecule is COC(=O)c1cnn2c3c(cnc12)C(=O)CC(c1ccccc1OC)C3. The van der Waals surface area contributed by atoms with Crippen LogP contribution in [0.1, 0.15) is 44.3 Å². The summed E-state index contributed by atoms with van der Waals surface area (Å²) in [5, 5.41) is 4.28. The van der Waals surface area contributed by atoms with Crippen molar-refractivity contribution in [1.29, 1.82) is 0 Å². The second-order valence-electron chi connectivity index (χ2n) is 6.17. The van der Waals surface area contributed by atoms with Gasteiger partial charge in [0.2, 0.25) is 0 Å². The van der Waals surface area contributed by atoms with Crippen molar-refractivity contribution in [2.45, 2.75) is 18.8 Å². The minimum absolute atomic E-state index is 0.00618. The Kier molecular flexibility index (Phi) is 3.91. The third-order valence-electron chi connectivity index (χ3n) is 4.78. The molecule has 0 amide bonds. The zero-order valence-electron chi connectivity index (χ0n) is 14.4. The first-order valence-electron chi connectivity index (χ1n) is 8.24. The first-order chi connectivity index (χ1) is 12.6. The molecule has 26 heavy (non-hydrogen) atoms. The van der Waals surface area contributed by atoms with Crippen LogP contribution in [0.15, 0.2) is 36.7 Å². The van der Waals surface area contributed by atoms with Crippen molar-refractivity contribution in [2.24, 2.45) is 0 Å². The minimum atomic E-state index is -0.504. The van der Waals surface area contributed by atoms with Gasteiger partial charge in [-0.2, -0.15) is 5.10 Å². The number of carbonyl (C=O) groups excluding carboxylic acids is 2. The molecule has 7 heteroatoms. The number of methoxy groups -OCH3 is 2. The van der Waals surface area contributed by atoms with Crippen molar-refractivity contribution >= 4 is 17.4 Å². The Balaban J connectivity index is 1.83. The molecule has 1 aliphatic rings. The number of fused-ring (bicyclic) bond motifs is 3. The summed E-state index contributed by atoms with van der Waals surface area (Å²) < 4.78 is 11.8. The molecule has 1 aliphatic carbocycles. The van der Waals surface area contributed by atoms with Crippen molar-refractivity contribution in [2.75, 3.05) is 14.2 Å². The van der Waals surface area contributed by atoms with Crippen molar-refractivity contribution in [3.05, 3.63) is 59.0 Å². The van der Waals surface area contributed by atoms with Gasteiger partial charge in [-0.15, -0.1) is 0 Å². The summed E-state index contributed by atoms with van der Waals surface area (Å²) in [6.45, 7) is 0. The van der Waals surface area contributed by atoms with Gasteiger partial charge in [-0.1, -0.05) is 18.2 Å². The van der Waals surface area contributed by atoms with Crippen LogP contribution in [0, 0.1) is 0 Å². The van der Waals surface area contributed by atoms with Crippen LogP contribution in [-0.2, 0) is 11.2 Å². The average molecular weight is 351 g/mol. The number of benzene rings is 1. The van der Waals surface area contributed by atoms with E-state index >= 15 is 0 Å². The Labute approximate surface area is 149 Å². The van der Waals surface area contributed by atoms with E-state index in [-0.39, 0.29) is 17.3 Å². The quantitative estimate of drug-likeness (QED) is 0.674. The van der Waals surface area contributed by atoms with Gasteiger partial charge in [0, 0.05) is 18.5 Å². The number of ketones is 1. The lowest BCUT2D eigenvalue weighted by Gasteiger charge is -2.25. The van der Waals surface area contributed by atoms with Crippen molar-refractivity contribution in [1.82, 2.24) is 14.6 Å². The Morgan fingerprint density at radius 3 is 2.77 bits per heavy atom. The summed E-state index contributed by atoms with van der Waals surface area (Å²) >= 11 is 0. The minimum Gasteiger partial charge on any atom is -0.496 e. The zero-order valence-corrected chi connectivity index (χ0v) is 14.4. The molecule has 2 heterocycles. The van der Waals surface area contributed by atoms with E-state index in [9.17, 15) is 9.59 Å². The molecule has 0 spiro atoms. The second-order valence-corrected chi connectivity index (χ2v) is 6.17. The van der Waals surface area contributed by atoms with Gasteiger partial charge in [0.1, 0.15) is 11.3 Å². The first kappa shape index (κ1) is 16.3. The number of Topliss-reactive ketones (excluding diaryl/α,β-unsaturated/α-hetero) is 1. The van der Waals surface area contributed by atoms with Crippen molar-refractivity contribution in [3.8, 4) is 5.75 Å². The number of rotatable bonds is 3. The molecular formula is C19H17N3O4. The Bertz CT molecular complexity index is 1020. The third-order valence-corrected chi connectivity index (χ3v) is 4.78. The second kappa shape index (κ2) is 6.25. The molecule has 0 N–H and O–H groups in total. The van der Waals surface area contributed by atoms with Crippen LogP contribution >= 0.6 is 0 Å². The first-order valence-corrected chi connectivity index (χ1v) is 8.24. The summed E-state index contributed by atoms with van der Waals surface area (Å²) in [7, 11) is 2.93. The fourth-order valence-corrected chi connectivity index (χ4v) is 3.52. The number of esters is 1. The predicted octanol–water partition coefficient (Wildman–Crippen LogP) is 2.44. The predicted molar refractivity (Wildman–Crippen MR) is 92.7 cm³/mol. The van der Waals surface area contributed by atoms with Crippen LogP contribution in [-0.4, -0.2) is 40.6 Å². The lowest BCUT2D eigenvalue weighted by molar-refractivity contribution is 0.0602. The molecule has 4 rings (SSSR count). The van der Waals surface area contributed by atoms with E-state index in [0.717, 1.165) is 17.0 Å². The maximum Gasteiger partial charge on any atom is 0.343 e. The van der Waals surface area contributed by atoms with Gasteiger partial charge in [-0.25, -0.2) is 14.3 Å². The van der Waals surface area contributed by atoms with E-state index in [2.05, 4.69) is 10.1 Å². The van der Waals surface area contributed by atoms with Crippen LogP contribution in [0.25, 0.3) is 5.65 Å². The maximum absolute atomic E-state index is 12.7. The molecule has 0 radical (unpaired) electrons. The van der Waals surface area contributed by atoms with Gasteiger partial charge in [-0.05, 0) is 18.1 Å². The highest BCUT2D eigenvalue weighted by molar-refractivity contribution is 6.00. The lowest BCUT2D eigenvalue weighted by Crippen LogP contribution is -2.23. The van der Waals surface area contributed by atoms with Crippen LogP contribution in [0.3, 0.4) is 0 Å². The number of hydrogen-bond donors (Lipinski definition) is 0. The number of aromatic nitrogens is 3. The van der Waals surface area contributed by atoms with Crippen molar-refractivity contribution in [3.63, 3.8) is 0 Å². The largest absolute Gasteiger partial charge is 0.496 e. The monoisotopic (exact) mass is 351 g/mol. The number of carbonyl (C=O) groups is 2. The average Bonchev–Trinajstić information content (AvgIpc) is 3.11. The standard InChI is InChI=1S/C19H17N3O4/c1-25-17-6-4-3-5-12(17)11-7-15-13(16(23)8-11)9-20-18-14(19(24)26-2)10-21-22(15)18/h3-6,9-11H,7-8H2,1-2H3. The van der Waals surface area contributed by atoms with E-state index in [0.29, 0.717) is 24.1 Å². The highest BCUT2D eigenvalue weighted by atomic mass is 16.5. The summed E-state index contributed by atoms with van der Waals surface area (Å²) in [6, 6.07) is 7.70. The Hall–Kier alpha value is -3.22. The highest BCUT2D eigenvalue weighted by Crippen LogP contribution is 2.36.